The molecule has 4 saturated carbocycles. The number of carbonyl (C=O) groups is 2. The molecule has 1 amide bonds. The number of esters is 1. The smallest absolute Gasteiger partial charge is 0.367 e. The monoisotopic (exact) mass is 578 g/mol. The minimum atomic E-state index is -0.496. The van der Waals surface area contributed by atoms with Crippen molar-refractivity contribution in [3.63, 3.8) is 0 Å². The Morgan fingerprint density at radius 1 is 1.15 bits per heavy atom. The van der Waals surface area contributed by atoms with Crippen molar-refractivity contribution in [2.75, 3.05) is 18.1 Å². The van der Waals surface area contributed by atoms with Gasteiger partial charge in [0.05, 0.1) is 18.1 Å². The molecule has 0 atom stereocenters. The predicted molar refractivity (Wildman–Crippen MR) is 153 cm³/mol. The predicted octanol–water partition coefficient (Wildman–Crippen LogP) is 7.14. The van der Waals surface area contributed by atoms with Gasteiger partial charge >= 0.3 is 5.97 Å². The Morgan fingerprint density at radius 2 is 1.90 bits per heavy atom. The van der Waals surface area contributed by atoms with Gasteiger partial charge in [0, 0.05) is 47.4 Å². The molecule has 0 unspecified atom stereocenters. The first-order valence-electron chi connectivity index (χ1n) is 14.5. The molecule has 7 rings (SSSR count). The largest absolute Gasteiger partial charge is 0.461 e. The number of fused-ring (bicyclic) bond motifs is 3. The number of benzene rings is 1. The quantitative estimate of drug-likeness (QED) is 0.223. The summed E-state index contributed by atoms with van der Waals surface area (Å²) in [4.78, 5) is 36.8. The highest BCUT2D eigenvalue weighted by molar-refractivity contribution is 7.11. The second kappa shape index (κ2) is 11.1. The summed E-state index contributed by atoms with van der Waals surface area (Å²) >= 11 is 1.23. The van der Waals surface area contributed by atoms with Gasteiger partial charge in [0.2, 0.25) is 16.8 Å². The molecule has 3 aromatic rings. The van der Waals surface area contributed by atoms with Crippen LogP contribution in [0.2, 0.25) is 0 Å². The van der Waals surface area contributed by atoms with Gasteiger partial charge in [0.25, 0.3) is 0 Å². The van der Waals surface area contributed by atoms with Crippen LogP contribution in [0.25, 0.3) is 11.3 Å². The molecule has 8 nitrogen and oxygen atoms in total. The number of allylic oxidation sites excluding steroid dienone is 1. The maximum atomic E-state index is 13.6. The fourth-order valence-corrected chi connectivity index (χ4v) is 7.06. The Bertz CT molecular complexity index is 1440. The van der Waals surface area contributed by atoms with E-state index in [-0.39, 0.29) is 36.2 Å². The van der Waals surface area contributed by atoms with Crippen LogP contribution in [-0.4, -0.2) is 40.2 Å². The Labute approximate surface area is 243 Å². The van der Waals surface area contributed by atoms with E-state index in [1.165, 1.54) is 11.3 Å². The van der Waals surface area contributed by atoms with Crippen LogP contribution in [0.15, 0.2) is 46.6 Å². The summed E-state index contributed by atoms with van der Waals surface area (Å²) in [6.45, 7) is 5.95. The number of halogens is 1. The molecule has 2 heterocycles. The lowest BCUT2D eigenvalue weighted by atomic mass is 9.53. The Hall–Kier alpha value is -3.40. The average molecular weight is 579 g/mol. The number of carbonyl (C=O) groups excluding carboxylic acids is 2. The van der Waals surface area contributed by atoms with E-state index >= 15 is 0 Å². The van der Waals surface area contributed by atoms with E-state index in [0.29, 0.717) is 23.2 Å². The highest BCUT2D eigenvalue weighted by Gasteiger charge is 2.53. The van der Waals surface area contributed by atoms with Crippen molar-refractivity contribution in [1.82, 2.24) is 15.1 Å². The van der Waals surface area contributed by atoms with E-state index in [0.717, 1.165) is 74.3 Å². The van der Waals surface area contributed by atoms with Crippen molar-refractivity contribution < 1.29 is 23.2 Å². The Kier molecular flexibility index (Phi) is 7.52. The molecule has 216 valence electrons. The van der Waals surface area contributed by atoms with Gasteiger partial charge in [-0.25, -0.2) is 14.2 Å². The van der Waals surface area contributed by atoms with Crippen LogP contribution >= 0.6 is 11.3 Å². The number of hydrogen-bond donors (Lipinski definition) is 0. The SMILES string of the molecule is C=C(F)CCC(=O)N(CC12CCC(c3nc(C4CC4)no3)(CC1)CC2)c1cccc(-c2csc(C(=O)OCC)n2)c1. The second-order valence-corrected chi connectivity index (χ2v) is 12.7. The molecule has 0 N–H and O–H groups in total. The van der Waals surface area contributed by atoms with E-state index in [4.69, 9.17) is 14.2 Å². The average Bonchev–Trinajstić information content (AvgIpc) is 3.49. The summed E-state index contributed by atoms with van der Waals surface area (Å²) in [7, 11) is 0. The van der Waals surface area contributed by atoms with Crippen molar-refractivity contribution in [1.29, 1.82) is 0 Å². The van der Waals surface area contributed by atoms with Crippen molar-refractivity contribution in [2.45, 2.75) is 82.5 Å². The van der Waals surface area contributed by atoms with Gasteiger partial charge in [-0.3, -0.25) is 4.79 Å². The summed E-state index contributed by atoms with van der Waals surface area (Å²) in [6, 6.07) is 7.64. The van der Waals surface area contributed by atoms with Crippen molar-refractivity contribution >= 4 is 28.9 Å². The zero-order valence-corrected chi connectivity index (χ0v) is 24.2. The van der Waals surface area contributed by atoms with Crippen LogP contribution in [0.4, 0.5) is 10.1 Å². The maximum absolute atomic E-state index is 13.6. The van der Waals surface area contributed by atoms with E-state index in [9.17, 15) is 14.0 Å². The van der Waals surface area contributed by atoms with Crippen LogP contribution in [-0.2, 0) is 14.9 Å². The second-order valence-electron chi connectivity index (χ2n) is 11.8. The van der Waals surface area contributed by atoms with Crippen molar-refractivity contribution in [3.05, 3.63) is 58.8 Å². The fraction of sp³-hybridized carbons (Fsp3) is 0.516. The lowest BCUT2D eigenvalue weighted by Crippen LogP contribution is -2.50. The molecule has 0 aliphatic heterocycles. The van der Waals surface area contributed by atoms with E-state index in [1.54, 1.807) is 6.92 Å². The lowest BCUT2D eigenvalue weighted by molar-refractivity contribution is -0.119. The molecular formula is C31H35FN4O4S. The molecule has 10 heteroatoms. The molecule has 0 spiro atoms. The molecule has 41 heavy (non-hydrogen) atoms. The minimum Gasteiger partial charge on any atom is -0.461 e. The van der Waals surface area contributed by atoms with Crippen LogP contribution < -0.4 is 4.90 Å². The Balaban J connectivity index is 1.22. The summed E-state index contributed by atoms with van der Waals surface area (Å²) in [5.41, 5.74) is 2.09. The van der Waals surface area contributed by atoms with Gasteiger partial charge in [-0.15, -0.1) is 11.3 Å². The molecular weight excluding hydrogens is 543 g/mol. The normalized spacial score (nSPS) is 23.4. The first kappa shape index (κ1) is 27.8. The van der Waals surface area contributed by atoms with Crippen LogP contribution in [0.3, 0.4) is 0 Å². The zero-order valence-electron chi connectivity index (χ0n) is 23.4. The van der Waals surface area contributed by atoms with Gasteiger partial charge in [-0.1, -0.05) is 23.9 Å². The Morgan fingerprint density at radius 3 is 2.59 bits per heavy atom. The first-order chi connectivity index (χ1) is 19.8. The van der Waals surface area contributed by atoms with E-state index in [1.807, 2.05) is 34.5 Å². The molecule has 2 aromatic heterocycles. The summed E-state index contributed by atoms with van der Waals surface area (Å²) in [5, 5.41) is 6.38. The van der Waals surface area contributed by atoms with Crippen molar-refractivity contribution in [3.8, 4) is 11.3 Å². The van der Waals surface area contributed by atoms with Crippen LogP contribution in [0.1, 0.15) is 98.6 Å². The summed E-state index contributed by atoms with van der Waals surface area (Å²) in [5.74, 6) is 1.04. The molecule has 1 aromatic carbocycles. The zero-order chi connectivity index (χ0) is 28.6. The van der Waals surface area contributed by atoms with Gasteiger partial charge < -0.3 is 14.2 Å². The highest BCUT2D eigenvalue weighted by atomic mass is 32.1. The van der Waals surface area contributed by atoms with E-state index in [2.05, 4.69) is 16.7 Å². The summed E-state index contributed by atoms with van der Waals surface area (Å²) in [6.07, 6.45) is 8.09. The molecule has 4 aliphatic rings. The number of amides is 1. The number of rotatable bonds is 11. The fourth-order valence-electron chi connectivity index (χ4n) is 6.34. The van der Waals surface area contributed by atoms with Gasteiger partial charge in [-0.05, 0) is 75.8 Å². The highest BCUT2D eigenvalue weighted by Crippen LogP contribution is 2.58. The third-order valence-electron chi connectivity index (χ3n) is 9.05. The lowest BCUT2D eigenvalue weighted by Gasteiger charge is -2.53. The van der Waals surface area contributed by atoms with Crippen LogP contribution in [0.5, 0.6) is 0 Å². The molecule has 4 fully saturated rings. The maximum Gasteiger partial charge on any atom is 0.367 e. The number of nitrogens with zero attached hydrogens (tertiary/aromatic N) is 4. The van der Waals surface area contributed by atoms with Crippen molar-refractivity contribution in [2.24, 2.45) is 5.41 Å². The number of anilines is 1. The number of thiazole rings is 1. The minimum absolute atomic E-state index is 0.000607. The van der Waals surface area contributed by atoms with Crippen LogP contribution in [0, 0.1) is 5.41 Å². The van der Waals surface area contributed by atoms with Gasteiger partial charge in [-0.2, -0.15) is 4.98 Å². The molecule has 2 bridgehead atoms. The third-order valence-corrected chi connectivity index (χ3v) is 9.87. The molecule has 0 radical (unpaired) electrons. The third kappa shape index (κ3) is 5.71. The van der Waals surface area contributed by atoms with E-state index < -0.39 is 11.8 Å². The van der Waals surface area contributed by atoms with Gasteiger partial charge in [0.1, 0.15) is 0 Å². The summed E-state index contributed by atoms with van der Waals surface area (Å²) < 4.78 is 24.4. The first-order valence-corrected chi connectivity index (χ1v) is 15.4. The van der Waals surface area contributed by atoms with Gasteiger partial charge in [0.15, 0.2) is 5.82 Å². The standard InChI is InChI=1S/C31H35FN4O4S/c1-3-39-28(38)27-33-24(18-41-27)22-5-4-6-23(17-22)36(25(37)10-7-20(2)32)19-30-11-14-31(15-12-30,16-13-30)29-34-26(35-40-29)21-8-9-21/h4-6,17-18,21H,2-3,7-16,19H2,1H3. The number of ether oxygens (including phenoxy) is 1. The molecule has 4 aliphatic carbocycles. The number of aromatic nitrogens is 3. The number of hydrogen-bond acceptors (Lipinski definition) is 8. The topological polar surface area (TPSA) is 98.4 Å². The molecule has 0 saturated heterocycles.